The summed E-state index contributed by atoms with van der Waals surface area (Å²) in [5.74, 6) is -0.966. The molecule has 2 rings (SSSR count). The lowest BCUT2D eigenvalue weighted by molar-refractivity contribution is -0.122. The van der Waals surface area contributed by atoms with Crippen molar-refractivity contribution in [2.45, 2.75) is 26.3 Å². The van der Waals surface area contributed by atoms with E-state index in [1.807, 2.05) is 31.2 Å². The third-order valence-corrected chi connectivity index (χ3v) is 4.54. The van der Waals surface area contributed by atoms with E-state index in [1.54, 1.807) is 43.1 Å². The van der Waals surface area contributed by atoms with Gasteiger partial charge < -0.3 is 16.4 Å². The van der Waals surface area contributed by atoms with Gasteiger partial charge in [0.1, 0.15) is 0 Å². The number of carbonyl (C=O) groups is 3. The Labute approximate surface area is 164 Å². The quantitative estimate of drug-likeness (QED) is 0.651. The number of primary amides is 1. The van der Waals surface area contributed by atoms with Crippen molar-refractivity contribution < 1.29 is 14.4 Å². The minimum atomic E-state index is -0.526. The van der Waals surface area contributed by atoms with Gasteiger partial charge in [-0.1, -0.05) is 25.1 Å². The summed E-state index contributed by atoms with van der Waals surface area (Å²) in [6, 6.07) is 13.4. The summed E-state index contributed by atoms with van der Waals surface area (Å²) in [6.45, 7) is 3.83. The molecule has 0 saturated heterocycles. The molecule has 0 aliphatic carbocycles. The standard InChI is InChI=1S/C21H26N4O3/c1-4-15-7-5-6-8-18(15)24-19(26)13-25(3)14(2)21(28)23-17-11-9-16(10-12-17)20(22)27/h5-12,14H,4,13H2,1-3H3,(H2,22,27)(H,23,28)(H,24,26)/t14-/m0/s1. The van der Waals surface area contributed by atoms with E-state index in [-0.39, 0.29) is 18.4 Å². The smallest absolute Gasteiger partial charge is 0.248 e. The van der Waals surface area contributed by atoms with E-state index >= 15 is 0 Å². The average molecular weight is 382 g/mol. The van der Waals surface area contributed by atoms with Crippen LogP contribution in [-0.2, 0) is 16.0 Å². The Morgan fingerprint density at radius 2 is 1.68 bits per heavy atom. The molecule has 7 nitrogen and oxygen atoms in total. The predicted molar refractivity (Wildman–Crippen MR) is 110 cm³/mol. The summed E-state index contributed by atoms with van der Waals surface area (Å²) in [4.78, 5) is 37.5. The molecule has 3 amide bonds. The molecule has 7 heteroatoms. The SMILES string of the molecule is CCc1ccccc1NC(=O)CN(C)[C@@H](C)C(=O)Nc1ccc(C(N)=O)cc1. The number of nitrogens with zero attached hydrogens (tertiary/aromatic N) is 1. The third kappa shape index (κ3) is 5.65. The van der Waals surface area contributed by atoms with Gasteiger partial charge in [0.05, 0.1) is 12.6 Å². The van der Waals surface area contributed by atoms with Crippen molar-refractivity contribution in [1.82, 2.24) is 4.90 Å². The van der Waals surface area contributed by atoms with Crippen molar-refractivity contribution in [1.29, 1.82) is 0 Å². The summed E-state index contributed by atoms with van der Waals surface area (Å²) in [5.41, 5.74) is 7.97. The molecule has 2 aromatic rings. The van der Waals surface area contributed by atoms with Gasteiger partial charge in [-0.05, 0) is 56.3 Å². The summed E-state index contributed by atoms with van der Waals surface area (Å²) in [5, 5.41) is 5.66. The number of aryl methyl sites for hydroxylation is 1. The van der Waals surface area contributed by atoms with Crippen molar-refractivity contribution in [3.05, 3.63) is 59.7 Å². The number of carbonyl (C=O) groups excluding carboxylic acids is 3. The highest BCUT2D eigenvalue weighted by Crippen LogP contribution is 2.15. The van der Waals surface area contributed by atoms with E-state index in [2.05, 4.69) is 10.6 Å². The number of amides is 3. The molecule has 0 aromatic heterocycles. The van der Waals surface area contributed by atoms with Crippen LogP contribution in [0.5, 0.6) is 0 Å². The molecule has 0 aliphatic heterocycles. The zero-order valence-electron chi connectivity index (χ0n) is 16.4. The Morgan fingerprint density at radius 3 is 2.29 bits per heavy atom. The Morgan fingerprint density at radius 1 is 1.04 bits per heavy atom. The summed E-state index contributed by atoms with van der Waals surface area (Å²) in [7, 11) is 1.71. The molecule has 4 N–H and O–H groups in total. The number of hydrogen-bond donors (Lipinski definition) is 3. The molecule has 0 bridgehead atoms. The largest absolute Gasteiger partial charge is 0.366 e. The molecule has 0 spiro atoms. The first kappa shape index (κ1) is 21.1. The average Bonchev–Trinajstić information content (AvgIpc) is 2.68. The molecule has 0 fully saturated rings. The number of nitrogens with one attached hydrogen (secondary N) is 2. The van der Waals surface area contributed by atoms with Gasteiger partial charge in [0, 0.05) is 16.9 Å². The van der Waals surface area contributed by atoms with Gasteiger partial charge in [-0.3, -0.25) is 19.3 Å². The van der Waals surface area contributed by atoms with Crippen LogP contribution in [0.3, 0.4) is 0 Å². The fourth-order valence-electron chi connectivity index (χ4n) is 2.67. The Bertz CT molecular complexity index is 849. The number of nitrogens with two attached hydrogens (primary N) is 1. The lowest BCUT2D eigenvalue weighted by atomic mass is 10.1. The van der Waals surface area contributed by atoms with Crippen LogP contribution >= 0.6 is 0 Å². The van der Waals surface area contributed by atoms with Gasteiger partial charge >= 0.3 is 0 Å². The van der Waals surface area contributed by atoms with Crippen molar-refractivity contribution in [2.75, 3.05) is 24.2 Å². The molecule has 1 atom stereocenters. The zero-order valence-corrected chi connectivity index (χ0v) is 16.4. The topological polar surface area (TPSA) is 105 Å². The molecule has 0 heterocycles. The molecule has 148 valence electrons. The second-order valence-corrected chi connectivity index (χ2v) is 6.58. The van der Waals surface area contributed by atoms with Crippen molar-refractivity contribution in [3.8, 4) is 0 Å². The van der Waals surface area contributed by atoms with E-state index in [0.29, 0.717) is 11.3 Å². The minimum absolute atomic E-state index is 0.0766. The maximum absolute atomic E-state index is 12.4. The number of para-hydroxylation sites is 1. The van der Waals surface area contributed by atoms with Crippen LogP contribution in [0.2, 0.25) is 0 Å². The summed E-state index contributed by atoms with van der Waals surface area (Å²) < 4.78 is 0. The first-order valence-corrected chi connectivity index (χ1v) is 9.10. The number of hydrogen-bond acceptors (Lipinski definition) is 4. The molecule has 0 saturated carbocycles. The molecule has 28 heavy (non-hydrogen) atoms. The molecule has 0 aliphatic rings. The number of likely N-dealkylation sites (N-methyl/N-ethyl adjacent to an activating group) is 1. The van der Waals surface area contributed by atoms with Crippen LogP contribution in [0.4, 0.5) is 11.4 Å². The van der Waals surface area contributed by atoms with Crippen LogP contribution in [0.25, 0.3) is 0 Å². The van der Waals surface area contributed by atoms with Gasteiger partial charge in [-0.15, -0.1) is 0 Å². The normalized spacial score (nSPS) is 11.7. The van der Waals surface area contributed by atoms with Crippen LogP contribution in [0.1, 0.15) is 29.8 Å². The van der Waals surface area contributed by atoms with Crippen LogP contribution in [0.15, 0.2) is 48.5 Å². The predicted octanol–water partition coefficient (Wildman–Crippen LogP) is 2.25. The molecular weight excluding hydrogens is 356 g/mol. The lowest BCUT2D eigenvalue weighted by Gasteiger charge is -2.23. The van der Waals surface area contributed by atoms with Gasteiger partial charge in [-0.2, -0.15) is 0 Å². The highest BCUT2D eigenvalue weighted by Gasteiger charge is 2.20. The fourth-order valence-corrected chi connectivity index (χ4v) is 2.67. The van der Waals surface area contributed by atoms with Crippen LogP contribution in [-0.4, -0.2) is 42.3 Å². The zero-order chi connectivity index (χ0) is 20.7. The first-order chi connectivity index (χ1) is 13.3. The van der Waals surface area contributed by atoms with E-state index in [1.165, 1.54) is 0 Å². The van der Waals surface area contributed by atoms with Gasteiger partial charge in [0.25, 0.3) is 0 Å². The van der Waals surface area contributed by atoms with Gasteiger partial charge in [0.15, 0.2) is 0 Å². The summed E-state index contributed by atoms with van der Waals surface area (Å²) >= 11 is 0. The highest BCUT2D eigenvalue weighted by molar-refractivity contribution is 5.97. The second-order valence-electron chi connectivity index (χ2n) is 6.58. The first-order valence-electron chi connectivity index (χ1n) is 9.10. The Hall–Kier alpha value is -3.19. The van der Waals surface area contributed by atoms with E-state index in [0.717, 1.165) is 17.7 Å². The molecule has 0 unspecified atom stereocenters. The van der Waals surface area contributed by atoms with Crippen molar-refractivity contribution in [2.24, 2.45) is 5.73 Å². The van der Waals surface area contributed by atoms with Gasteiger partial charge in [0.2, 0.25) is 17.7 Å². The fraction of sp³-hybridized carbons (Fsp3) is 0.286. The van der Waals surface area contributed by atoms with Crippen molar-refractivity contribution in [3.63, 3.8) is 0 Å². The van der Waals surface area contributed by atoms with Gasteiger partial charge in [-0.25, -0.2) is 0 Å². The Kier molecular flexibility index (Phi) is 7.28. The van der Waals surface area contributed by atoms with E-state index in [4.69, 9.17) is 5.73 Å². The monoisotopic (exact) mass is 382 g/mol. The number of anilines is 2. The Balaban J connectivity index is 1.91. The molecule has 0 radical (unpaired) electrons. The number of benzene rings is 2. The lowest BCUT2D eigenvalue weighted by Crippen LogP contribution is -2.43. The van der Waals surface area contributed by atoms with Crippen molar-refractivity contribution >= 4 is 29.1 Å². The second kappa shape index (κ2) is 9.66. The minimum Gasteiger partial charge on any atom is -0.366 e. The number of rotatable bonds is 8. The van der Waals surface area contributed by atoms with Crippen LogP contribution < -0.4 is 16.4 Å². The van der Waals surface area contributed by atoms with E-state index < -0.39 is 11.9 Å². The maximum Gasteiger partial charge on any atom is 0.248 e. The molecular formula is C21H26N4O3. The molecule has 2 aromatic carbocycles. The van der Waals surface area contributed by atoms with E-state index in [9.17, 15) is 14.4 Å². The van der Waals surface area contributed by atoms with Crippen LogP contribution in [0, 0.1) is 0 Å². The highest BCUT2D eigenvalue weighted by atomic mass is 16.2. The summed E-state index contributed by atoms with van der Waals surface area (Å²) in [6.07, 6.45) is 0.819. The third-order valence-electron chi connectivity index (χ3n) is 4.54. The maximum atomic E-state index is 12.4.